The molecule has 1 heteroatoms. The summed E-state index contributed by atoms with van der Waals surface area (Å²) < 4.78 is 0. The molecular weight excluding hydrogens is 104 g/mol. The highest BCUT2D eigenvalue weighted by Crippen LogP contribution is 2.48. The predicted octanol–water partition coefficient (Wildman–Crippen LogP) is 1.90. The molecule has 0 N–H and O–H groups in total. The summed E-state index contributed by atoms with van der Waals surface area (Å²) in [6.07, 6.45) is 4.58. The van der Waals surface area contributed by atoms with Crippen LogP contribution in [0.3, 0.4) is 0 Å². The lowest BCUT2D eigenvalue weighted by Crippen LogP contribution is -1.94. The topological polar surface area (TPSA) is 0 Å². The average molecular weight is 114 g/mol. The van der Waals surface area contributed by atoms with Gasteiger partial charge in [-0.15, -0.1) is 0 Å². The molecule has 1 aliphatic carbocycles. The summed E-state index contributed by atoms with van der Waals surface area (Å²) in [5, 5.41) is 1.12. The van der Waals surface area contributed by atoms with Gasteiger partial charge in [-0.25, -0.2) is 0 Å². The Labute approximate surface area is 48.7 Å². The van der Waals surface area contributed by atoms with Gasteiger partial charge in [0.25, 0.3) is 0 Å². The standard InChI is InChI=1S/C6H10S/c1-2-5-4-6(5)7-3-1/h5-6H,1-4H2. The minimum atomic E-state index is 1.12. The van der Waals surface area contributed by atoms with Crippen molar-refractivity contribution in [2.24, 2.45) is 5.92 Å². The van der Waals surface area contributed by atoms with Crippen LogP contribution in [0.1, 0.15) is 19.3 Å². The molecule has 0 aromatic heterocycles. The van der Waals surface area contributed by atoms with Crippen molar-refractivity contribution in [2.75, 3.05) is 5.75 Å². The average Bonchev–Trinajstić information content (AvgIpc) is 2.41. The van der Waals surface area contributed by atoms with Crippen LogP contribution in [0.4, 0.5) is 0 Å². The number of fused-ring (bicyclic) bond motifs is 1. The van der Waals surface area contributed by atoms with Crippen molar-refractivity contribution in [1.82, 2.24) is 0 Å². The molecular formula is C6H10S. The molecule has 1 saturated heterocycles. The van der Waals surface area contributed by atoms with E-state index in [9.17, 15) is 0 Å². The molecule has 40 valence electrons. The first-order valence-electron chi connectivity index (χ1n) is 3.08. The van der Waals surface area contributed by atoms with Crippen LogP contribution in [0.15, 0.2) is 0 Å². The van der Waals surface area contributed by atoms with Crippen LogP contribution in [0.25, 0.3) is 0 Å². The molecule has 2 atom stereocenters. The third-order valence-electron chi connectivity index (χ3n) is 1.91. The van der Waals surface area contributed by atoms with Gasteiger partial charge in [0.05, 0.1) is 0 Å². The molecule has 0 aromatic carbocycles. The molecule has 0 radical (unpaired) electrons. The van der Waals surface area contributed by atoms with Gasteiger partial charge < -0.3 is 0 Å². The van der Waals surface area contributed by atoms with E-state index in [1.54, 1.807) is 6.42 Å². The van der Waals surface area contributed by atoms with Gasteiger partial charge in [-0.05, 0) is 30.9 Å². The van der Waals surface area contributed by atoms with Crippen molar-refractivity contribution in [2.45, 2.75) is 24.5 Å². The number of hydrogen-bond acceptors (Lipinski definition) is 1. The predicted molar refractivity (Wildman–Crippen MR) is 33.6 cm³/mol. The number of hydrogen-bond donors (Lipinski definition) is 0. The fraction of sp³-hybridized carbons (Fsp3) is 1.00. The summed E-state index contributed by atoms with van der Waals surface area (Å²) in [4.78, 5) is 0. The van der Waals surface area contributed by atoms with Crippen molar-refractivity contribution in [1.29, 1.82) is 0 Å². The summed E-state index contributed by atoms with van der Waals surface area (Å²) in [6, 6.07) is 0. The van der Waals surface area contributed by atoms with Gasteiger partial charge in [0.1, 0.15) is 0 Å². The second-order valence-corrected chi connectivity index (χ2v) is 3.89. The lowest BCUT2D eigenvalue weighted by Gasteiger charge is -2.05. The van der Waals surface area contributed by atoms with E-state index in [4.69, 9.17) is 0 Å². The fourth-order valence-corrected chi connectivity index (χ4v) is 2.74. The SMILES string of the molecule is C1CSC2CC2C1. The van der Waals surface area contributed by atoms with E-state index >= 15 is 0 Å². The molecule has 2 fully saturated rings. The molecule has 0 bridgehead atoms. The molecule has 0 spiro atoms. The second kappa shape index (κ2) is 1.41. The highest BCUT2D eigenvalue weighted by Gasteiger charge is 2.38. The minimum absolute atomic E-state index is 1.12. The highest BCUT2D eigenvalue weighted by molar-refractivity contribution is 8.00. The van der Waals surface area contributed by atoms with E-state index in [-0.39, 0.29) is 0 Å². The fourth-order valence-electron chi connectivity index (χ4n) is 1.31. The largest absolute Gasteiger partial charge is 0.158 e. The molecule has 0 nitrogen and oxygen atoms in total. The number of rotatable bonds is 0. The van der Waals surface area contributed by atoms with Gasteiger partial charge in [0.15, 0.2) is 0 Å². The monoisotopic (exact) mass is 114 g/mol. The van der Waals surface area contributed by atoms with Crippen molar-refractivity contribution >= 4 is 11.8 Å². The van der Waals surface area contributed by atoms with Crippen molar-refractivity contribution in [3.63, 3.8) is 0 Å². The number of thioether (sulfide) groups is 1. The zero-order valence-electron chi connectivity index (χ0n) is 4.39. The van der Waals surface area contributed by atoms with Gasteiger partial charge in [-0.2, -0.15) is 11.8 Å². The maximum atomic E-state index is 2.19. The molecule has 0 amide bonds. The van der Waals surface area contributed by atoms with Crippen LogP contribution in [-0.4, -0.2) is 11.0 Å². The van der Waals surface area contributed by atoms with Crippen LogP contribution in [0, 0.1) is 5.92 Å². The first-order valence-corrected chi connectivity index (χ1v) is 4.13. The molecule has 2 unspecified atom stereocenters. The van der Waals surface area contributed by atoms with E-state index < -0.39 is 0 Å². The van der Waals surface area contributed by atoms with Gasteiger partial charge in [-0.1, -0.05) is 0 Å². The lowest BCUT2D eigenvalue weighted by atomic mass is 10.2. The van der Waals surface area contributed by atoms with Gasteiger partial charge >= 0.3 is 0 Å². The Kier molecular flexibility index (Phi) is 0.857. The molecule has 2 aliphatic rings. The van der Waals surface area contributed by atoms with E-state index in [2.05, 4.69) is 11.8 Å². The first-order chi connectivity index (χ1) is 3.47. The Morgan fingerprint density at radius 3 is 3.00 bits per heavy atom. The van der Waals surface area contributed by atoms with Crippen LogP contribution in [0.2, 0.25) is 0 Å². The lowest BCUT2D eigenvalue weighted by molar-refractivity contribution is 0.703. The zero-order valence-corrected chi connectivity index (χ0v) is 5.21. The maximum absolute atomic E-state index is 2.19. The molecule has 2 rings (SSSR count). The van der Waals surface area contributed by atoms with Gasteiger partial charge in [0, 0.05) is 5.25 Å². The van der Waals surface area contributed by atoms with Crippen LogP contribution >= 0.6 is 11.8 Å². The Bertz CT molecular complexity index is 70.2. The molecule has 0 aromatic rings. The summed E-state index contributed by atoms with van der Waals surface area (Å²) >= 11 is 2.19. The maximum Gasteiger partial charge on any atom is 0.00787 e. The van der Waals surface area contributed by atoms with Crippen molar-refractivity contribution < 1.29 is 0 Å². The normalized spacial score (nSPS) is 48.0. The summed E-state index contributed by atoms with van der Waals surface area (Å²) in [6.45, 7) is 0. The molecule has 1 saturated carbocycles. The Hall–Kier alpha value is 0.350. The van der Waals surface area contributed by atoms with E-state index in [1.165, 1.54) is 24.5 Å². The smallest absolute Gasteiger partial charge is 0.00787 e. The van der Waals surface area contributed by atoms with Crippen LogP contribution < -0.4 is 0 Å². The van der Waals surface area contributed by atoms with Crippen LogP contribution in [0.5, 0.6) is 0 Å². The molecule has 7 heavy (non-hydrogen) atoms. The summed E-state index contributed by atoms with van der Waals surface area (Å²) in [5.41, 5.74) is 0. The zero-order chi connectivity index (χ0) is 4.69. The Morgan fingerprint density at radius 1 is 1.43 bits per heavy atom. The third-order valence-corrected chi connectivity index (χ3v) is 3.44. The Balaban J connectivity index is 1.95. The van der Waals surface area contributed by atoms with Gasteiger partial charge in [-0.3, -0.25) is 0 Å². The van der Waals surface area contributed by atoms with E-state index in [0.29, 0.717) is 0 Å². The van der Waals surface area contributed by atoms with E-state index in [1.807, 2.05) is 0 Å². The second-order valence-electron chi connectivity index (χ2n) is 2.55. The van der Waals surface area contributed by atoms with Crippen LogP contribution in [-0.2, 0) is 0 Å². The van der Waals surface area contributed by atoms with Crippen molar-refractivity contribution in [3.05, 3.63) is 0 Å². The first kappa shape index (κ1) is 4.25. The quantitative estimate of drug-likeness (QED) is 0.463. The van der Waals surface area contributed by atoms with Gasteiger partial charge in [0.2, 0.25) is 0 Å². The molecule has 1 aliphatic heterocycles. The highest BCUT2D eigenvalue weighted by atomic mass is 32.2. The summed E-state index contributed by atoms with van der Waals surface area (Å²) in [5.74, 6) is 2.61. The van der Waals surface area contributed by atoms with Crippen molar-refractivity contribution in [3.8, 4) is 0 Å². The third kappa shape index (κ3) is 0.674. The molecule has 1 heterocycles. The minimum Gasteiger partial charge on any atom is -0.158 e. The van der Waals surface area contributed by atoms with E-state index in [0.717, 1.165) is 5.25 Å². The Morgan fingerprint density at radius 2 is 2.43 bits per heavy atom. The summed E-state index contributed by atoms with van der Waals surface area (Å²) in [7, 11) is 0.